The molecular formula is C101H107F6N21O13. The lowest BCUT2D eigenvalue weighted by Gasteiger charge is -2.35. The van der Waals surface area contributed by atoms with E-state index in [2.05, 4.69) is 71.1 Å². The van der Waals surface area contributed by atoms with Crippen molar-refractivity contribution in [1.82, 2.24) is 99.5 Å². The van der Waals surface area contributed by atoms with E-state index in [1.54, 1.807) is 37.7 Å². The monoisotopic (exact) mass is 1940 g/mol. The summed E-state index contributed by atoms with van der Waals surface area (Å²) >= 11 is 0. The van der Waals surface area contributed by atoms with E-state index < -0.39 is 87.0 Å². The van der Waals surface area contributed by atoms with Crippen molar-refractivity contribution in [2.24, 2.45) is 41.2 Å². The van der Waals surface area contributed by atoms with Crippen LogP contribution in [-0.4, -0.2) is 172 Å². The summed E-state index contributed by atoms with van der Waals surface area (Å²) in [5, 5.41) is 47.5. The molecule has 0 bridgehead atoms. The molecule has 17 rings (SSSR count). The minimum absolute atomic E-state index is 0.000918. The normalized spacial score (nSPS) is 13.7. The smallest absolute Gasteiger partial charge is 0.307 e. The predicted octanol–water partition coefficient (Wildman–Crippen LogP) is 13.1. The van der Waals surface area contributed by atoms with Gasteiger partial charge < -0.3 is 64.5 Å². The van der Waals surface area contributed by atoms with Gasteiger partial charge in [-0.25, -0.2) is 56.2 Å². The fourth-order valence-electron chi connectivity index (χ4n) is 17.0. The fourth-order valence-corrected chi connectivity index (χ4v) is 17.0. The summed E-state index contributed by atoms with van der Waals surface area (Å²) in [6, 6.07) is 35.2. The summed E-state index contributed by atoms with van der Waals surface area (Å²) in [5.74, 6) is -9.26. The SMILES string of the molecule is CC(C)N1CCn2c(CN)cc(=O)c(OCc3ccccc3)c2C1=O.CC(C)[C@H](Cc1nc(-c2n[nH]c3ccc(F)cc23)ncc1F)C(=O)NCc1cc(=O)c(O)c2n1CCN(C(C)C)C2=O.CC(C)[C@H](Cc1nc(-c2n[nH]c3ccc(F)cc23)ncc1F)C(=O)NCc1cc(=O)c(OCc2ccccc2)c2n1CCN(C(C)C)C2=O.CC(C)[C@H](Cc1nc(-c2n[nH]c3ccc(F)cc23)ncc1F)C(=O)O. The second-order valence-electron chi connectivity index (χ2n) is 36.2. The molecule has 0 saturated heterocycles. The number of H-pyrrole nitrogens is 3. The molecule has 0 radical (unpaired) electrons. The van der Waals surface area contributed by atoms with Gasteiger partial charge in [0.05, 0.1) is 71.2 Å². The Balaban J connectivity index is 0.000000156. The molecule has 0 fully saturated rings. The van der Waals surface area contributed by atoms with Gasteiger partial charge >= 0.3 is 5.97 Å². The number of carboxylic acids is 1. The van der Waals surface area contributed by atoms with Crippen LogP contribution < -0.4 is 42.1 Å². The highest BCUT2D eigenvalue weighted by Crippen LogP contribution is 2.34. The Morgan fingerprint density at radius 1 is 0.418 bits per heavy atom. The van der Waals surface area contributed by atoms with Crippen molar-refractivity contribution in [3.8, 4) is 51.8 Å². The quantitative estimate of drug-likeness (QED) is 0.0202. The molecule has 5 aromatic carbocycles. The van der Waals surface area contributed by atoms with Crippen molar-refractivity contribution in [3.63, 3.8) is 0 Å². The number of nitrogens with zero attached hydrogens (tertiary/aromatic N) is 15. The second-order valence-corrected chi connectivity index (χ2v) is 36.2. The molecule has 0 unspecified atom stereocenters. The van der Waals surface area contributed by atoms with Gasteiger partial charge in [-0.05, 0) is 125 Å². The van der Waals surface area contributed by atoms with E-state index in [0.29, 0.717) is 94.8 Å². The molecule has 14 aromatic rings. The Kier molecular flexibility index (Phi) is 31.6. The zero-order chi connectivity index (χ0) is 101. The largest absolute Gasteiger partial charge is 0.503 e. The molecule has 40 heteroatoms. The summed E-state index contributed by atoms with van der Waals surface area (Å²) in [6.07, 6.45) is 2.83. The number of fused-ring (bicyclic) bond motifs is 6. The lowest BCUT2D eigenvalue weighted by atomic mass is 9.90. The van der Waals surface area contributed by atoms with Crippen molar-refractivity contribution >= 4 is 68.2 Å². The minimum Gasteiger partial charge on any atom is -0.503 e. The Morgan fingerprint density at radius 2 is 0.738 bits per heavy atom. The Labute approximate surface area is 804 Å². The third-order valence-electron chi connectivity index (χ3n) is 24.9. The van der Waals surface area contributed by atoms with E-state index in [9.17, 15) is 75.3 Å². The molecule has 0 aliphatic carbocycles. The first-order valence-electron chi connectivity index (χ1n) is 46.1. The van der Waals surface area contributed by atoms with Gasteiger partial charge in [0.2, 0.25) is 28.1 Å². The van der Waals surface area contributed by atoms with Crippen molar-refractivity contribution in [2.45, 2.75) is 173 Å². The molecule has 141 heavy (non-hydrogen) atoms. The number of pyridine rings is 3. The van der Waals surface area contributed by atoms with Crippen LogP contribution in [0.3, 0.4) is 0 Å². The zero-order valence-corrected chi connectivity index (χ0v) is 79.5. The topological polar surface area (TPSA) is 451 Å². The standard InChI is InChI=1S/C36H37F2N7O4.C29H31F2N7O4.C19H23N3O3.C17H16F2N4O2/c1-20(2)25(16-29-27(38)18-39-34(41-29)31-26-14-23(37)10-11-28(26)42-43-31)35(47)40-17-24-15-30(46)33(49-19-22-8-6-5-7-9-22)32-36(48)44(21(3)4)12-13-45(24)32;1-14(2)18(11-22-20(31)13-32-27(34-22)24-19-9-16(30)5-6-21(19)35-36-24)28(41)33-12-17-10-23(39)26(40)25-29(42)37(15(3)4)7-8-38(17)25;1-13(2)21-8-9-22-15(11-20)10-16(23)18(17(22)19(21)24)25-12-14-6-4-3-5-7-14;1-8(2)10(17(24)25)6-14-12(19)7-20-16(21-14)15-11-5-9(18)3-4-13(11)22-23-15/h5-11,14-15,18,20-21,25H,12-13,16-17,19H2,1-4H3,(H,40,47)(H,42,43);5-6,9-10,13-15,18,40H,7-8,11-12H2,1-4H3,(H,33,41)(H,35,36);3-7,10,13H,8-9,11-12,20H2,1-2H3;3-5,7-8,10H,6H2,1-2H3,(H,22,23)(H,24,25)/t25-;18-;;10-/m00.0/s1. The molecule has 5 amide bonds. The maximum Gasteiger partial charge on any atom is 0.307 e. The van der Waals surface area contributed by atoms with Crippen LogP contribution in [0.25, 0.3) is 67.3 Å². The molecule has 3 atom stereocenters. The number of halogens is 6. The van der Waals surface area contributed by atoms with E-state index in [4.69, 9.17) is 15.2 Å². The Bertz CT molecular complexity index is 7230. The molecule has 3 aliphatic heterocycles. The molecule has 9 aromatic heterocycles. The van der Waals surface area contributed by atoms with Gasteiger partial charge in [-0.3, -0.25) is 58.4 Å². The number of nitrogens with one attached hydrogen (secondary N) is 5. The third kappa shape index (κ3) is 22.7. The lowest BCUT2D eigenvalue weighted by Crippen LogP contribution is -2.46. The summed E-state index contributed by atoms with van der Waals surface area (Å²) in [4.78, 5) is 146. The number of amides is 5. The van der Waals surface area contributed by atoms with Gasteiger partial charge in [-0.1, -0.05) is 102 Å². The van der Waals surface area contributed by atoms with Crippen LogP contribution in [0.1, 0.15) is 160 Å². The molecule has 0 saturated carbocycles. The molecule has 34 nitrogen and oxygen atoms in total. The molecule has 3 aliphatic rings. The summed E-state index contributed by atoms with van der Waals surface area (Å²) < 4.78 is 102. The van der Waals surface area contributed by atoms with Crippen LogP contribution in [0.2, 0.25) is 0 Å². The third-order valence-corrected chi connectivity index (χ3v) is 24.9. The Hall–Kier alpha value is -15.6. The number of hydrogen-bond acceptors (Lipinski definition) is 22. The van der Waals surface area contributed by atoms with Crippen LogP contribution in [0.15, 0.2) is 166 Å². The van der Waals surface area contributed by atoms with Crippen molar-refractivity contribution in [1.29, 1.82) is 0 Å². The number of hydrogen-bond donors (Lipinski definition) is 8. The number of nitrogens with two attached hydrogens (primary N) is 1. The first-order valence-corrected chi connectivity index (χ1v) is 46.1. The van der Waals surface area contributed by atoms with Gasteiger partial charge in [0.1, 0.15) is 47.7 Å². The van der Waals surface area contributed by atoms with Gasteiger partial charge in [0, 0.05) is 146 Å². The Morgan fingerprint density at radius 3 is 1.07 bits per heavy atom. The fraction of sp³-hybridized carbons (Fsp3) is 0.347. The number of ether oxygens (including phenoxy) is 2. The number of rotatable bonds is 29. The van der Waals surface area contributed by atoms with Gasteiger partial charge in [0.15, 0.2) is 69.3 Å². The van der Waals surface area contributed by atoms with E-state index in [1.807, 2.05) is 134 Å². The second kappa shape index (κ2) is 44.0. The lowest BCUT2D eigenvalue weighted by molar-refractivity contribution is -0.143. The average Bonchev–Trinajstić information content (AvgIpc) is 1.35. The highest BCUT2D eigenvalue weighted by Gasteiger charge is 2.38. The van der Waals surface area contributed by atoms with Crippen LogP contribution in [0.4, 0.5) is 26.3 Å². The summed E-state index contributed by atoms with van der Waals surface area (Å²) in [6.45, 7) is 25.4. The van der Waals surface area contributed by atoms with Crippen LogP contribution in [0, 0.1) is 70.4 Å². The van der Waals surface area contributed by atoms with E-state index in [-0.39, 0.29) is 186 Å². The number of benzene rings is 5. The van der Waals surface area contributed by atoms with Crippen molar-refractivity contribution in [2.75, 3.05) is 19.6 Å². The summed E-state index contributed by atoms with van der Waals surface area (Å²) in [5.41, 5.74) is 10.4. The van der Waals surface area contributed by atoms with Crippen molar-refractivity contribution in [3.05, 3.63) is 280 Å². The van der Waals surface area contributed by atoms with Crippen molar-refractivity contribution < 1.29 is 74.8 Å². The highest BCUT2D eigenvalue weighted by atomic mass is 19.1. The van der Waals surface area contributed by atoms with Crippen LogP contribution in [-0.2, 0) is 86.1 Å². The van der Waals surface area contributed by atoms with Gasteiger partial charge in [-0.15, -0.1) is 0 Å². The van der Waals surface area contributed by atoms with Gasteiger partial charge in [0.25, 0.3) is 17.7 Å². The number of carbonyl (C=O) groups is 6. The number of aromatic nitrogens is 15. The van der Waals surface area contributed by atoms with Crippen LogP contribution in [0.5, 0.6) is 17.2 Å². The number of carboxylic acid groups (broad SMARTS) is 1. The number of aromatic amines is 3. The van der Waals surface area contributed by atoms with E-state index >= 15 is 4.39 Å². The number of carbonyl (C=O) groups excluding carboxylic acids is 5. The first-order chi connectivity index (χ1) is 67.4. The molecule has 12 heterocycles. The predicted molar refractivity (Wildman–Crippen MR) is 510 cm³/mol. The van der Waals surface area contributed by atoms with E-state index in [1.165, 1.54) is 72.8 Å². The molecule has 9 N–H and O–H groups in total. The van der Waals surface area contributed by atoms with Gasteiger partial charge in [-0.2, -0.15) is 15.3 Å². The molecular weight excluding hydrogens is 1830 g/mol. The summed E-state index contributed by atoms with van der Waals surface area (Å²) in [7, 11) is 0. The maximum atomic E-state index is 15.1. The minimum atomic E-state index is -1.01. The first kappa shape index (κ1) is 101. The highest BCUT2D eigenvalue weighted by molar-refractivity contribution is 5.99. The molecule has 736 valence electrons. The van der Waals surface area contributed by atoms with E-state index in [0.717, 1.165) is 29.7 Å². The molecule has 0 spiro atoms. The maximum absolute atomic E-state index is 15.1. The number of aliphatic carboxylic acids is 1. The zero-order valence-electron chi connectivity index (χ0n) is 79.5. The van der Waals surface area contributed by atoms with Crippen LogP contribution >= 0.6 is 0 Å². The average molecular weight is 1940 g/mol. The number of aromatic hydroxyl groups is 1.